The van der Waals surface area contributed by atoms with E-state index in [1.54, 1.807) is 18.3 Å². The number of aromatic nitrogens is 1. The van der Waals surface area contributed by atoms with Gasteiger partial charge in [-0.15, -0.1) is 0 Å². The summed E-state index contributed by atoms with van der Waals surface area (Å²) in [6.07, 6.45) is 1.15. The molecule has 0 saturated heterocycles. The van der Waals surface area contributed by atoms with Crippen LogP contribution in [0.5, 0.6) is 0 Å². The monoisotopic (exact) mass is 316 g/mol. The van der Waals surface area contributed by atoms with Gasteiger partial charge >= 0.3 is 0 Å². The lowest BCUT2D eigenvalue weighted by Gasteiger charge is -2.17. The number of hydrogen-bond acceptors (Lipinski definition) is 4. The molecule has 0 aliphatic heterocycles. The van der Waals surface area contributed by atoms with Gasteiger partial charge in [0.1, 0.15) is 5.69 Å². The van der Waals surface area contributed by atoms with Crippen LogP contribution in [0.2, 0.25) is 0 Å². The van der Waals surface area contributed by atoms with Gasteiger partial charge in [-0.1, -0.05) is 0 Å². The lowest BCUT2D eigenvalue weighted by atomic mass is 10.3. The van der Waals surface area contributed by atoms with E-state index in [2.05, 4.69) is 26.2 Å². The standard InChI is InChI=1S/C12H17BrN2O3/c1-3-17-10(18-4-2)8-15-12(16)11-9(13)6-5-7-14-11/h5-7,10H,3-4,8H2,1-2H3,(H,15,16). The number of rotatable bonds is 7. The maximum absolute atomic E-state index is 11.9. The average molecular weight is 317 g/mol. The number of carbonyl (C=O) groups excluding carboxylic acids is 1. The Labute approximate surface area is 115 Å². The second-order valence-electron chi connectivity index (χ2n) is 3.38. The Morgan fingerprint density at radius 2 is 2.11 bits per heavy atom. The van der Waals surface area contributed by atoms with E-state index in [0.717, 1.165) is 0 Å². The number of amides is 1. The number of pyridine rings is 1. The van der Waals surface area contributed by atoms with Crippen LogP contribution in [0.4, 0.5) is 0 Å². The van der Waals surface area contributed by atoms with Crippen LogP contribution in [-0.2, 0) is 9.47 Å². The number of carbonyl (C=O) groups is 1. The summed E-state index contributed by atoms with van der Waals surface area (Å²) in [4.78, 5) is 15.9. The highest BCUT2D eigenvalue weighted by Crippen LogP contribution is 2.12. The molecule has 18 heavy (non-hydrogen) atoms. The predicted molar refractivity (Wildman–Crippen MR) is 71.3 cm³/mol. The molecule has 5 nitrogen and oxygen atoms in total. The van der Waals surface area contributed by atoms with E-state index >= 15 is 0 Å². The summed E-state index contributed by atoms with van der Waals surface area (Å²) in [5, 5.41) is 2.73. The summed E-state index contributed by atoms with van der Waals surface area (Å²) in [6.45, 7) is 5.12. The van der Waals surface area contributed by atoms with Gasteiger partial charge in [0.2, 0.25) is 0 Å². The molecule has 0 bridgehead atoms. The molecule has 0 saturated carbocycles. The van der Waals surface area contributed by atoms with Crippen LogP contribution in [0, 0.1) is 0 Å². The maximum atomic E-state index is 11.9. The van der Waals surface area contributed by atoms with Crippen LogP contribution >= 0.6 is 15.9 Å². The highest BCUT2D eigenvalue weighted by atomic mass is 79.9. The number of nitrogens with zero attached hydrogens (tertiary/aromatic N) is 1. The Hall–Kier alpha value is -0.980. The third-order valence-corrected chi connectivity index (χ3v) is 2.75. The molecule has 1 heterocycles. The van der Waals surface area contributed by atoms with Gasteiger partial charge < -0.3 is 14.8 Å². The van der Waals surface area contributed by atoms with Crippen LogP contribution in [0.25, 0.3) is 0 Å². The number of halogens is 1. The Kier molecular flexibility index (Phi) is 6.85. The molecule has 1 aromatic rings. The first-order valence-corrected chi connectivity index (χ1v) is 6.60. The van der Waals surface area contributed by atoms with Crippen molar-refractivity contribution in [3.8, 4) is 0 Å². The third-order valence-electron chi connectivity index (χ3n) is 2.11. The van der Waals surface area contributed by atoms with Crippen molar-refractivity contribution in [3.63, 3.8) is 0 Å². The molecule has 0 spiro atoms. The smallest absolute Gasteiger partial charge is 0.271 e. The van der Waals surface area contributed by atoms with Crippen molar-refractivity contribution in [1.29, 1.82) is 0 Å². The lowest BCUT2D eigenvalue weighted by Crippen LogP contribution is -2.35. The van der Waals surface area contributed by atoms with Crippen LogP contribution in [0.1, 0.15) is 24.3 Å². The van der Waals surface area contributed by atoms with E-state index in [1.807, 2.05) is 13.8 Å². The number of ether oxygens (including phenoxy) is 2. The molecule has 0 aliphatic rings. The van der Waals surface area contributed by atoms with Crippen molar-refractivity contribution in [2.45, 2.75) is 20.1 Å². The number of nitrogens with one attached hydrogen (secondary N) is 1. The molecular formula is C12H17BrN2O3. The SMILES string of the molecule is CCOC(CNC(=O)c1ncccc1Br)OCC. The Morgan fingerprint density at radius 3 is 2.67 bits per heavy atom. The summed E-state index contributed by atoms with van der Waals surface area (Å²) in [5.41, 5.74) is 0.351. The van der Waals surface area contributed by atoms with Gasteiger partial charge in [-0.05, 0) is 41.9 Å². The van der Waals surface area contributed by atoms with E-state index in [-0.39, 0.29) is 5.91 Å². The van der Waals surface area contributed by atoms with Crippen molar-refractivity contribution in [3.05, 3.63) is 28.5 Å². The van der Waals surface area contributed by atoms with Gasteiger partial charge in [-0.3, -0.25) is 4.79 Å². The summed E-state index contributed by atoms with van der Waals surface area (Å²) in [6, 6.07) is 3.52. The van der Waals surface area contributed by atoms with Crippen molar-refractivity contribution in [2.24, 2.45) is 0 Å². The fourth-order valence-corrected chi connectivity index (χ4v) is 1.79. The molecule has 0 fully saturated rings. The zero-order valence-corrected chi connectivity index (χ0v) is 12.1. The molecule has 1 aromatic heterocycles. The van der Waals surface area contributed by atoms with E-state index in [9.17, 15) is 4.79 Å². The molecule has 6 heteroatoms. The van der Waals surface area contributed by atoms with Gasteiger partial charge in [-0.2, -0.15) is 0 Å². The Bertz CT molecular complexity index is 381. The summed E-state index contributed by atoms with van der Waals surface area (Å²) in [5.74, 6) is -0.258. The normalized spacial score (nSPS) is 10.7. The fourth-order valence-electron chi connectivity index (χ4n) is 1.35. The van der Waals surface area contributed by atoms with Crippen LogP contribution in [-0.4, -0.2) is 36.9 Å². The molecule has 0 aromatic carbocycles. The minimum Gasteiger partial charge on any atom is -0.351 e. The summed E-state index contributed by atoms with van der Waals surface area (Å²) < 4.78 is 11.3. The predicted octanol–water partition coefficient (Wildman–Crippen LogP) is 1.97. The van der Waals surface area contributed by atoms with Crippen molar-refractivity contribution >= 4 is 21.8 Å². The number of hydrogen-bond donors (Lipinski definition) is 1. The first-order chi connectivity index (χ1) is 8.69. The van der Waals surface area contributed by atoms with Crippen molar-refractivity contribution in [1.82, 2.24) is 10.3 Å². The molecule has 0 radical (unpaired) electrons. The van der Waals surface area contributed by atoms with Crippen LogP contribution in [0.3, 0.4) is 0 Å². The molecule has 0 aliphatic carbocycles. The average Bonchev–Trinajstić information content (AvgIpc) is 2.36. The zero-order valence-electron chi connectivity index (χ0n) is 10.5. The van der Waals surface area contributed by atoms with Gasteiger partial charge in [0.25, 0.3) is 5.91 Å². The van der Waals surface area contributed by atoms with Gasteiger partial charge in [0, 0.05) is 23.9 Å². The molecule has 100 valence electrons. The van der Waals surface area contributed by atoms with Crippen molar-refractivity contribution < 1.29 is 14.3 Å². The van der Waals surface area contributed by atoms with Crippen molar-refractivity contribution in [2.75, 3.05) is 19.8 Å². The lowest BCUT2D eigenvalue weighted by molar-refractivity contribution is -0.131. The second-order valence-corrected chi connectivity index (χ2v) is 4.24. The molecule has 1 N–H and O–H groups in total. The molecule has 0 atom stereocenters. The topological polar surface area (TPSA) is 60.5 Å². The first-order valence-electron chi connectivity index (χ1n) is 5.81. The minimum atomic E-state index is -0.425. The van der Waals surface area contributed by atoms with E-state index in [0.29, 0.717) is 29.9 Å². The largest absolute Gasteiger partial charge is 0.351 e. The Balaban J connectivity index is 2.52. The van der Waals surface area contributed by atoms with Crippen LogP contribution in [0.15, 0.2) is 22.8 Å². The second kappa shape index (κ2) is 8.18. The summed E-state index contributed by atoms with van der Waals surface area (Å²) >= 11 is 3.28. The molecule has 0 unspecified atom stereocenters. The Morgan fingerprint density at radius 1 is 1.44 bits per heavy atom. The molecule has 1 amide bonds. The zero-order chi connectivity index (χ0) is 13.4. The quantitative estimate of drug-likeness (QED) is 0.781. The van der Waals surface area contributed by atoms with E-state index in [1.165, 1.54) is 0 Å². The third kappa shape index (κ3) is 4.72. The van der Waals surface area contributed by atoms with E-state index < -0.39 is 6.29 Å². The van der Waals surface area contributed by atoms with Gasteiger partial charge in [0.15, 0.2) is 6.29 Å². The first kappa shape index (κ1) is 15.1. The minimum absolute atomic E-state index is 0.258. The molecule has 1 rings (SSSR count). The fraction of sp³-hybridized carbons (Fsp3) is 0.500. The highest BCUT2D eigenvalue weighted by Gasteiger charge is 2.14. The van der Waals surface area contributed by atoms with Gasteiger partial charge in [0.05, 0.1) is 6.54 Å². The van der Waals surface area contributed by atoms with Gasteiger partial charge in [-0.25, -0.2) is 4.98 Å². The highest BCUT2D eigenvalue weighted by molar-refractivity contribution is 9.10. The molecular weight excluding hydrogens is 300 g/mol. The summed E-state index contributed by atoms with van der Waals surface area (Å²) in [7, 11) is 0. The maximum Gasteiger partial charge on any atom is 0.271 e. The van der Waals surface area contributed by atoms with E-state index in [4.69, 9.17) is 9.47 Å². The van der Waals surface area contributed by atoms with Crippen LogP contribution < -0.4 is 5.32 Å².